The second kappa shape index (κ2) is 5.05. The number of nitrogens with one attached hydrogen (secondary N) is 1. The molecule has 0 atom stereocenters. The predicted molar refractivity (Wildman–Crippen MR) is 78.8 cm³/mol. The summed E-state index contributed by atoms with van der Waals surface area (Å²) in [6, 6.07) is 8.37. The first-order valence-electron chi connectivity index (χ1n) is 6.35. The molecule has 3 aromatic rings. The molecule has 19 heavy (non-hydrogen) atoms. The van der Waals surface area contributed by atoms with Gasteiger partial charge in [0.1, 0.15) is 12.4 Å². The number of hydrogen-bond acceptors (Lipinski definition) is 3. The number of rotatable bonds is 4. The second-order valence-corrected chi connectivity index (χ2v) is 5.86. The van der Waals surface area contributed by atoms with Gasteiger partial charge < -0.3 is 9.72 Å². The van der Waals surface area contributed by atoms with E-state index in [-0.39, 0.29) is 0 Å². The highest BCUT2D eigenvalue weighted by Crippen LogP contribution is 2.25. The van der Waals surface area contributed by atoms with Gasteiger partial charge in [-0.15, -0.1) is 11.3 Å². The van der Waals surface area contributed by atoms with Crippen molar-refractivity contribution in [3.05, 3.63) is 46.5 Å². The van der Waals surface area contributed by atoms with Crippen molar-refractivity contribution < 1.29 is 4.74 Å². The van der Waals surface area contributed by atoms with Crippen LogP contribution in [0.4, 0.5) is 0 Å². The van der Waals surface area contributed by atoms with E-state index in [4.69, 9.17) is 4.74 Å². The molecular formula is C15H16N2OS. The monoisotopic (exact) mass is 272 g/mol. The van der Waals surface area contributed by atoms with E-state index in [1.807, 2.05) is 17.8 Å². The Balaban J connectivity index is 1.80. The smallest absolute Gasteiger partial charge is 0.124 e. The summed E-state index contributed by atoms with van der Waals surface area (Å²) in [5.74, 6) is 1.40. The lowest BCUT2D eigenvalue weighted by atomic mass is 10.1. The number of benzene rings is 1. The van der Waals surface area contributed by atoms with Crippen LogP contribution in [0.3, 0.4) is 0 Å². The van der Waals surface area contributed by atoms with Gasteiger partial charge in [0.05, 0.1) is 10.4 Å². The van der Waals surface area contributed by atoms with E-state index in [1.54, 1.807) is 11.3 Å². The van der Waals surface area contributed by atoms with Crippen LogP contribution in [0.2, 0.25) is 0 Å². The molecular weight excluding hydrogens is 256 g/mol. The van der Waals surface area contributed by atoms with Crippen molar-refractivity contribution >= 4 is 22.2 Å². The van der Waals surface area contributed by atoms with Crippen molar-refractivity contribution in [3.8, 4) is 5.75 Å². The molecule has 0 amide bonds. The SMILES string of the molecule is CC(C)c1cc2ccc(OCc3cncs3)cc2[nH]1. The summed E-state index contributed by atoms with van der Waals surface area (Å²) >= 11 is 1.61. The molecule has 0 aliphatic carbocycles. The lowest BCUT2D eigenvalue weighted by molar-refractivity contribution is 0.310. The van der Waals surface area contributed by atoms with E-state index in [2.05, 4.69) is 42.0 Å². The fourth-order valence-corrected chi connectivity index (χ4v) is 2.50. The first kappa shape index (κ1) is 12.2. The maximum atomic E-state index is 5.78. The van der Waals surface area contributed by atoms with Crippen LogP contribution >= 0.6 is 11.3 Å². The molecule has 0 spiro atoms. The Hall–Kier alpha value is -1.81. The summed E-state index contributed by atoms with van der Waals surface area (Å²) in [5.41, 5.74) is 4.21. The maximum Gasteiger partial charge on any atom is 0.124 e. The Bertz CT molecular complexity index is 671. The summed E-state index contributed by atoms with van der Waals surface area (Å²) in [5, 5.41) is 1.23. The van der Waals surface area contributed by atoms with E-state index in [0.29, 0.717) is 12.5 Å². The third-order valence-electron chi connectivity index (χ3n) is 3.10. The normalized spacial score (nSPS) is 11.3. The fourth-order valence-electron chi connectivity index (χ4n) is 2.00. The highest BCUT2D eigenvalue weighted by molar-refractivity contribution is 7.09. The topological polar surface area (TPSA) is 37.9 Å². The molecule has 1 N–H and O–H groups in total. The standard InChI is InChI=1S/C15H16N2OS/c1-10(2)14-5-11-3-4-12(6-15(11)17-14)18-8-13-7-16-9-19-13/h3-7,9-10,17H,8H2,1-2H3. The summed E-state index contributed by atoms with van der Waals surface area (Å²) in [6.07, 6.45) is 1.84. The average Bonchev–Trinajstić information content (AvgIpc) is 3.04. The van der Waals surface area contributed by atoms with Gasteiger partial charge in [-0.05, 0) is 29.5 Å². The lowest BCUT2D eigenvalue weighted by Crippen LogP contribution is -1.92. The Morgan fingerprint density at radius 2 is 2.21 bits per heavy atom. The Kier molecular flexibility index (Phi) is 3.25. The van der Waals surface area contributed by atoms with Crippen molar-refractivity contribution in [3.63, 3.8) is 0 Å². The number of fused-ring (bicyclic) bond motifs is 1. The summed E-state index contributed by atoms with van der Waals surface area (Å²) in [6.45, 7) is 4.95. The summed E-state index contributed by atoms with van der Waals surface area (Å²) < 4.78 is 5.78. The van der Waals surface area contributed by atoms with Gasteiger partial charge in [0.2, 0.25) is 0 Å². The number of nitrogens with zero attached hydrogens (tertiary/aromatic N) is 1. The van der Waals surface area contributed by atoms with E-state index >= 15 is 0 Å². The van der Waals surface area contributed by atoms with Crippen LogP contribution in [0.25, 0.3) is 10.9 Å². The van der Waals surface area contributed by atoms with E-state index in [0.717, 1.165) is 16.1 Å². The lowest BCUT2D eigenvalue weighted by Gasteiger charge is -2.04. The largest absolute Gasteiger partial charge is 0.488 e. The van der Waals surface area contributed by atoms with Crippen LogP contribution in [-0.4, -0.2) is 9.97 Å². The summed E-state index contributed by atoms with van der Waals surface area (Å²) in [4.78, 5) is 8.61. The van der Waals surface area contributed by atoms with Gasteiger partial charge in [0, 0.05) is 23.5 Å². The third kappa shape index (κ3) is 2.63. The molecule has 0 aliphatic heterocycles. The first-order valence-corrected chi connectivity index (χ1v) is 7.23. The van der Waals surface area contributed by atoms with Crippen molar-refractivity contribution in [2.45, 2.75) is 26.4 Å². The van der Waals surface area contributed by atoms with Crippen molar-refractivity contribution in [1.82, 2.24) is 9.97 Å². The van der Waals surface area contributed by atoms with E-state index < -0.39 is 0 Å². The van der Waals surface area contributed by atoms with Crippen molar-refractivity contribution in [2.24, 2.45) is 0 Å². The van der Waals surface area contributed by atoms with Crippen LogP contribution in [0, 0.1) is 0 Å². The zero-order valence-electron chi connectivity index (χ0n) is 11.0. The highest BCUT2D eigenvalue weighted by atomic mass is 32.1. The molecule has 0 bridgehead atoms. The minimum atomic E-state index is 0.508. The highest BCUT2D eigenvalue weighted by Gasteiger charge is 2.05. The molecule has 2 heterocycles. The molecule has 3 nitrogen and oxygen atoms in total. The molecule has 0 saturated heterocycles. The Morgan fingerprint density at radius 3 is 2.95 bits per heavy atom. The van der Waals surface area contributed by atoms with E-state index in [1.165, 1.54) is 11.1 Å². The van der Waals surface area contributed by atoms with Gasteiger partial charge in [-0.1, -0.05) is 13.8 Å². The molecule has 0 aliphatic rings. The number of aromatic amines is 1. The van der Waals surface area contributed by atoms with Crippen LogP contribution in [-0.2, 0) is 6.61 Å². The minimum Gasteiger partial charge on any atom is -0.488 e. The molecule has 0 saturated carbocycles. The molecule has 4 heteroatoms. The van der Waals surface area contributed by atoms with Gasteiger partial charge in [0.25, 0.3) is 0 Å². The third-order valence-corrected chi connectivity index (χ3v) is 3.85. The maximum absolute atomic E-state index is 5.78. The van der Waals surface area contributed by atoms with Gasteiger partial charge in [0.15, 0.2) is 0 Å². The zero-order valence-corrected chi connectivity index (χ0v) is 11.8. The zero-order chi connectivity index (χ0) is 13.2. The molecule has 3 rings (SSSR count). The number of aromatic nitrogens is 2. The molecule has 0 fully saturated rings. The number of thiazole rings is 1. The number of H-pyrrole nitrogens is 1. The molecule has 2 aromatic heterocycles. The van der Waals surface area contributed by atoms with Crippen molar-refractivity contribution in [1.29, 1.82) is 0 Å². The number of hydrogen-bond donors (Lipinski definition) is 1. The molecule has 0 radical (unpaired) electrons. The number of ether oxygens (including phenoxy) is 1. The molecule has 0 unspecified atom stereocenters. The van der Waals surface area contributed by atoms with Crippen LogP contribution in [0.15, 0.2) is 36.0 Å². The van der Waals surface area contributed by atoms with Gasteiger partial charge in [-0.25, -0.2) is 0 Å². The first-order chi connectivity index (χ1) is 9.22. The molecule has 98 valence electrons. The fraction of sp³-hybridized carbons (Fsp3) is 0.267. The quantitative estimate of drug-likeness (QED) is 0.767. The van der Waals surface area contributed by atoms with Gasteiger partial charge in [-0.2, -0.15) is 0 Å². The van der Waals surface area contributed by atoms with Gasteiger partial charge >= 0.3 is 0 Å². The average molecular weight is 272 g/mol. The van der Waals surface area contributed by atoms with Crippen molar-refractivity contribution in [2.75, 3.05) is 0 Å². The Morgan fingerprint density at radius 1 is 1.32 bits per heavy atom. The van der Waals surface area contributed by atoms with Crippen LogP contribution < -0.4 is 4.74 Å². The Labute approximate surface area is 116 Å². The predicted octanol–water partition coefficient (Wildman–Crippen LogP) is 4.33. The van der Waals surface area contributed by atoms with Crippen LogP contribution in [0.5, 0.6) is 5.75 Å². The van der Waals surface area contributed by atoms with E-state index in [9.17, 15) is 0 Å². The second-order valence-electron chi connectivity index (χ2n) is 4.88. The van der Waals surface area contributed by atoms with Gasteiger partial charge in [-0.3, -0.25) is 4.98 Å². The molecule has 1 aromatic carbocycles. The van der Waals surface area contributed by atoms with Crippen LogP contribution in [0.1, 0.15) is 30.3 Å². The summed E-state index contributed by atoms with van der Waals surface area (Å²) in [7, 11) is 0. The minimum absolute atomic E-state index is 0.508.